The Bertz CT molecular complexity index is 1030. The van der Waals surface area contributed by atoms with E-state index in [2.05, 4.69) is 27.4 Å². The minimum absolute atomic E-state index is 0.0991. The lowest BCUT2D eigenvalue weighted by Crippen LogP contribution is -2.26. The van der Waals surface area contributed by atoms with Crippen LogP contribution in [-0.4, -0.2) is 24.5 Å². The van der Waals surface area contributed by atoms with Gasteiger partial charge in [-0.05, 0) is 48.7 Å². The quantitative estimate of drug-likeness (QED) is 0.630. The van der Waals surface area contributed by atoms with Gasteiger partial charge in [0, 0.05) is 30.9 Å². The van der Waals surface area contributed by atoms with Crippen LogP contribution in [0.3, 0.4) is 0 Å². The zero-order valence-electron chi connectivity index (χ0n) is 14.2. The summed E-state index contributed by atoms with van der Waals surface area (Å²) in [6.07, 6.45) is 5.39. The van der Waals surface area contributed by atoms with Crippen molar-refractivity contribution in [2.45, 2.75) is 31.2 Å². The van der Waals surface area contributed by atoms with Gasteiger partial charge in [-0.1, -0.05) is 30.1 Å². The summed E-state index contributed by atoms with van der Waals surface area (Å²) in [6.45, 7) is 3.27. The van der Waals surface area contributed by atoms with Crippen molar-refractivity contribution in [1.82, 2.24) is 14.3 Å². The van der Waals surface area contributed by atoms with E-state index in [1.54, 1.807) is 6.20 Å². The summed E-state index contributed by atoms with van der Waals surface area (Å²) in [7, 11) is -3.64. The molecule has 0 radical (unpaired) electrons. The van der Waals surface area contributed by atoms with Gasteiger partial charge in [0.1, 0.15) is 5.65 Å². The number of nitrogens with one attached hydrogen (secondary N) is 1. The molecule has 0 atom stereocenters. The number of hydrogen-bond acceptors (Lipinski definition) is 3. The molecule has 2 heterocycles. The minimum atomic E-state index is -3.64. The summed E-state index contributed by atoms with van der Waals surface area (Å²) in [4.78, 5) is 4.54. The molecule has 0 fully saturated rings. The first kappa shape index (κ1) is 19.2. The summed E-state index contributed by atoms with van der Waals surface area (Å²) in [6, 6.07) is 8.17. The first-order valence-corrected chi connectivity index (χ1v) is 10.5. The Kier molecular flexibility index (Phi) is 5.87. The number of sulfonamides is 1. The second-order valence-electron chi connectivity index (χ2n) is 5.95. The van der Waals surface area contributed by atoms with E-state index in [1.807, 2.05) is 12.1 Å². The van der Waals surface area contributed by atoms with Gasteiger partial charge in [-0.2, -0.15) is 0 Å². The van der Waals surface area contributed by atoms with E-state index in [0.717, 1.165) is 29.6 Å². The number of fused-ring (bicyclic) bond motifs is 1. The van der Waals surface area contributed by atoms with Crippen LogP contribution in [0, 0.1) is 0 Å². The van der Waals surface area contributed by atoms with Gasteiger partial charge in [0.05, 0.1) is 14.9 Å². The molecule has 0 saturated carbocycles. The van der Waals surface area contributed by atoms with Crippen LogP contribution in [-0.2, 0) is 23.0 Å². The number of hydrogen-bond donors (Lipinski definition) is 1. The molecular weight excluding hydrogens is 393 g/mol. The fourth-order valence-corrected chi connectivity index (χ4v) is 4.27. The Morgan fingerprint density at radius 3 is 2.73 bits per heavy atom. The largest absolute Gasteiger partial charge is 0.332 e. The van der Waals surface area contributed by atoms with Gasteiger partial charge in [-0.3, -0.25) is 0 Å². The van der Waals surface area contributed by atoms with E-state index in [9.17, 15) is 8.42 Å². The van der Waals surface area contributed by atoms with E-state index in [0.29, 0.717) is 11.4 Å². The molecule has 0 aliphatic heterocycles. The van der Waals surface area contributed by atoms with Crippen LogP contribution in [0.4, 0.5) is 0 Å². The number of pyridine rings is 1. The van der Waals surface area contributed by atoms with Crippen LogP contribution in [0.5, 0.6) is 0 Å². The maximum Gasteiger partial charge on any atom is 0.240 e. The molecule has 1 aromatic carbocycles. The fourth-order valence-electron chi connectivity index (χ4n) is 2.85. The molecule has 0 aliphatic rings. The van der Waals surface area contributed by atoms with E-state index in [-0.39, 0.29) is 16.5 Å². The van der Waals surface area contributed by atoms with Crippen LogP contribution >= 0.6 is 23.2 Å². The number of aromatic nitrogens is 2. The van der Waals surface area contributed by atoms with E-state index >= 15 is 0 Å². The molecule has 26 heavy (non-hydrogen) atoms. The highest BCUT2D eigenvalue weighted by molar-refractivity contribution is 7.89. The van der Waals surface area contributed by atoms with Crippen molar-refractivity contribution >= 4 is 44.3 Å². The van der Waals surface area contributed by atoms with Gasteiger partial charge in [0.15, 0.2) is 0 Å². The lowest BCUT2D eigenvalue weighted by molar-refractivity contribution is 0.581. The zero-order valence-corrected chi connectivity index (χ0v) is 16.6. The lowest BCUT2D eigenvalue weighted by atomic mass is 10.2. The Morgan fingerprint density at radius 1 is 1.19 bits per heavy atom. The highest BCUT2D eigenvalue weighted by atomic mass is 35.5. The zero-order chi connectivity index (χ0) is 18.7. The van der Waals surface area contributed by atoms with Crippen molar-refractivity contribution in [3.05, 3.63) is 58.3 Å². The maximum atomic E-state index is 12.4. The number of aryl methyl sites for hydroxylation is 1. The second-order valence-corrected chi connectivity index (χ2v) is 8.53. The van der Waals surface area contributed by atoms with Crippen molar-refractivity contribution < 1.29 is 8.42 Å². The standard InChI is InChI=1S/C18H19Cl2N3O2S/c1-2-10-23-12-13(15-4-3-8-21-18(15)23)7-9-22-26(24,25)14-5-6-16(19)17(20)11-14/h3-6,8,11-12,22H,2,7,9-10H2,1H3. The second kappa shape index (κ2) is 7.96. The van der Waals surface area contributed by atoms with Gasteiger partial charge in [0.25, 0.3) is 0 Å². The van der Waals surface area contributed by atoms with Gasteiger partial charge >= 0.3 is 0 Å². The molecule has 8 heteroatoms. The van der Waals surface area contributed by atoms with Gasteiger partial charge in [-0.15, -0.1) is 0 Å². The SMILES string of the molecule is CCCn1cc(CCNS(=O)(=O)c2ccc(Cl)c(Cl)c2)c2cccnc21. The van der Waals surface area contributed by atoms with E-state index in [4.69, 9.17) is 23.2 Å². The van der Waals surface area contributed by atoms with E-state index in [1.165, 1.54) is 18.2 Å². The molecular formula is C18H19Cl2N3O2S. The van der Waals surface area contributed by atoms with Gasteiger partial charge in [-0.25, -0.2) is 18.1 Å². The molecule has 1 N–H and O–H groups in total. The first-order chi connectivity index (χ1) is 12.4. The summed E-state index contributed by atoms with van der Waals surface area (Å²) in [5, 5.41) is 1.58. The maximum absolute atomic E-state index is 12.4. The van der Waals surface area contributed by atoms with Crippen molar-refractivity contribution in [2.24, 2.45) is 0 Å². The van der Waals surface area contributed by atoms with Crippen LogP contribution in [0.2, 0.25) is 10.0 Å². The molecule has 3 aromatic rings. The molecule has 0 bridgehead atoms. The number of halogens is 2. The smallest absolute Gasteiger partial charge is 0.240 e. The topological polar surface area (TPSA) is 64.0 Å². The predicted octanol–water partition coefficient (Wildman–Crippen LogP) is 4.27. The molecule has 2 aromatic heterocycles. The number of rotatable bonds is 7. The van der Waals surface area contributed by atoms with Crippen molar-refractivity contribution in [1.29, 1.82) is 0 Å². The third-order valence-electron chi connectivity index (χ3n) is 4.07. The Balaban J connectivity index is 1.75. The average molecular weight is 412 g/mol. The molecule has 0 unspecified atom stereocenters. The highest BCUT2D eigenvalue weighted by Gasteiger charge is 2.16. The molecule has 0 aliphatic carbocycles. The molecule has 5 nitrogen and oxygen atoms in total. The summed E-state index contributed by atoms with van der Waals surface area (Å²) in [5.74, 6) is 0. The fraction of sp³-hybridized carbons (Fsp3) is 0.278. The molecule has 0 spiro atoms. The van der Waals surface area contributed by atoms with Crippen molar-refractivity contribution in [3.8, 4) is 0 Å². The third-order valence-corrected chi connectivity index (χ3v) is 6.27. The van der Waals surface area contributed by atoms with Crippen LogP contribution < -0.4 is 4.72 Å². The summed E-state index contributed by atoms with van der Waals surface area (Å²) in [5.41, 5.74) is 2.00. The number of nitrogens with zero attached hydrogens (tertiary/aromatic N) is 2. The first-order valence-electron chi connectivity index (χ1n) is 8.30. The van der Waals surface area contributed by atoms with Crippen molar-refractivity contribution in [2.75, 3.05) is 6.54 Å². The normalized spacial score (nSPS) is 12.0. The van der Waals surface area contributed by atoms with Crippen LogP contribution in [0.25, 0.3) is 11.0 Å². The van der Waals surface area contributed by atoms with Crippen LogP contribution in [0.15, 0.2) is 47.6 Å². The molecule has 138 valence electrons. The Morgan fingerprint density at radius 2 is 2.00 bits per heavy atom. The van der Waals surface area contributed by atoms with Crippen LogP contribution in [0.1, 0.15) is 18.9 Å². The van der Waals surface area contributed by atoms with Gasteiger partial charge < -0.3 is 4.57 Å². The van der Waals surface area contributed by atoms with Gasteiger partial charge in [0.2, 0.25) is 10.0 Å². The monoisotopic (exact) mass is 411 g/mol. The lowest BCUT2D eigenvalue weighted by Gasteiger charge is -2.07. The summed E-state index contributed by atoms with van der Waals surface area (Å²) < 4.78 is 29.6. The van der Waals surface area contributed by atoms with Crippen molar-refractivity contribution in [3.63, 3.8) is 0 Å². The summed E-state index contributed by atoms with van der Waals surface area (Å²) >= 11 is 11.8. The molecule has 3 rings (SSSR count). The average Bonchev–Trinajstić information content (AvgIpc) is 2.96. The molecule has 0 amide bonds. The molecule has 0 saturated heterocycles. The Labute approximate surface area is 163 Å². The predicted molar refractivity (Wildman–Crippen MR) is 105 cm³/mol. The number of benzene rings is 1. The highest BCUT2D eigenvalue weighted by Crippen LogP contribution is 2.25. The minimum Gasteiger partial charge on any atom is -0.332 e. The Hall–Kier alpha value is -1.60. The van der Waals surface area contributed by atoms with E-state index < -0.39 is 10.0 Å². The third kappa shape index (κ3) is 4.04.